The molecule has 4 aromatic rings. The molecular formula is C24H27N5O3. The Hall–Kier alpha value is -3.68. The standard InChI is InChI=1S/C24H27N5O3/c1-4-17-9-11-18(12-10-17)25-21(30)15-28-24(32)29-20-8-6-5-7-19(20)22(31)27(23(29)26-28)14-13-16(2)3/h5-12,16H,4,13-15H2,1-3H3,(H,25,30). The molecule has 2 aromatic heterocycles. The number of anilines is 1. The van der Waals surface area contributed by atoms with Crippen molar-refractivity contribution in [1.82, 2.24) is 18.7 Å². The number of fused-ring (bicyclic) bond motifs is 3. The van der Waals surface area contributed by atoms with E-state index in [4.69, 9.17) is 0 Å². The fourth-order valence-electron chi connectivity index (χ4n) is 3.72. The molecule has 0 saturated carbocycles. The first kappa shape index (κ1) is 21.5. The number of benzene rings is 2. The molecule has 1 amide bonds. The smallest absolute Gasteiger partial charge is 0.324 e. The number of carbonyl (C=O) groups is 1. The van der Waals surface area contributed by atoms with Gasteiger partial charge in [-0.1, -0.05) is 45.0 Å². The Balaban J connectivity index is 1.74. The van der Waals surface area contributed by atoms with Crippen molar-refractivity contribution < 1.29 is 4.79 Å². The van der Waals surface area contributed by atoms with E-state index in [1.807, 2.05) is 24.3 Å². The highest BCUT2D eigenvalue weighted by Gasteiger charge is 2.18. The summed E-state index contributed by atoms with van der Waals surface area (Å²) in [5, 5.41) is 7.63. The fourth-order valence-corrected chi connectivity index (χ4v) is 3.72. The maximum absolute atomic E-state index is 13.2. The van der Waals surface area contributed by atoms with E-state index in [-0.39, 0.29) is 23.8 Å². The van der Waals surface area contributed by atoms with Crippen LogP contribution in [0.25, 0.3) is 16.7 Å². The first-order chi connectivity index (χ1) is 15.4. The van der Waals surface area contributed by atoms with Gasteiger partial charge in [0.2, 0.25) is 11.7 Å². The molecule has 0 fully saturated rings. The maximum Gasteiger partial charge on any atom is 0.352 e. The Morgan fingerprint density at radius 1 is 1.06 bits per heavy atom. The van der Waals surface area contributed by atoms with Crippen LogP contribution in [0.5, 0.6) is 0 Å². The molecule has 8 heteroatoms. The predicted octanol–water partition coefficient (Wildman–Crippen LogP) is 3.06. The molecular weight excluding hydrogens is 406 g/mol. The van der Waals surface area contributed by atoms with Crippen LogP contribution in [-0.4, -0.2) is 24.7 Å². The molecule has 32 heavy (non-hydrogen) atoms. The van der Waals surface area contributed by atoms with Gasteiger partial charge in [-0.15, -0.1) is 5.10 Å². The van der Waals surface area contributed by atoms with Gasteiger partial charge in [0.05, 0.1) is 10.9 Å². The summed E-state index contributed by atoms with van der Waals surface area (Å²) >= 11 is 0. The van der Waals surface area contributed by atoms with Crippen LogP contribution in [0.4, 0.5) is 5.69 Å². The lowest BCUT2D eigenvalue weighted by molar-refractivity contribution is -0.117. The molecule has 0 saturated heterocycles. The molecule has 4 rings (SSSR count). The largest absolute Gasteiger partial charge is 0.352 e. The molecule has 1 N–H and O–H groups in total. The number of nitrogens with one attached hydrogen (secondary N) is 1. The summed E-state index contributed by atoms with van der Waals surface area (Å²) in [6.07, 6.45) is 1.68. The molecule has 0 aliphatic rings. The lowest BCUT2D eigenvalue weighted by atomic mass is 10.1. The zero-order valence-corrected chi connectivity index (χ0v) is 18.5. The second kappa shape index (κ2) is 8.82. The van der Waals surface area contributed by atoms with Crippen LogP contribution >= 0.6 is 0 Å². The number of nitrogens with zero attached hydrogens (tertiary/aromatic N) is 4. The first-order valence-electron chi connectivity index (χ1n) is 10.9. The SMILES string of the molecule is CCc1ccc(NC(=O)Cn2nc3n(CCC(C)C)c(=O)c4ccccc4n3c2=O)cc1. The van der Waals surface area contributed by atoms with Gasteiger partial charge in [-0.3, -0.25) is 14.2 Å². The number of hydrogen-bond donors (Lipinski definition) is 1. The van der Waals surface area contributed by atoms with Gasteiger partial charge in [0.1, 0.15) is 6.54 Å². The van der Waals surface area contributed by atoms with Gasteiger partial charge >= 0.3 is 5.69 Å². The van der Waals surface area contributed by atoms with Gasteiger partial charge in [-0.2, -0.15) is 0 Å². The molecule has 0 spiro atoms. The Kier molecular flexibility index (Phi) is 5.94. The van der Waals surface area contributed by atoms with Crippen molar-refractivity contribution in [2.75, 3.05) is 5.32 Å². The van der Waals surface area contributed by atoms with Crippen LogP contribution in [0.1, 0.15) is 32.8 Å². The summed E-state index contributed by atoms with van der Waals surface area (Å²) in [6.45, 7) is 6.41. The zero-order chi connectivity index (χ0) is 22.8. The van der Waals surface area contributed by atoms with Crippen molar-refractivity contribution in [2.45, 2.75) is 46.7 Å². The molecule has 2 aromatic carbocycles. The molecule has 0 unspecified atom stereocenters. The van der Waals surface area contributed by atoms with Crippen LogP contribution in [0.3, 0.4) is 0 Å². The van der Waals surface area contributed by atoms with Crippen LogP contribution < -0.4 is 16.6 Å². The number of carbonyl (C=O) groups excluding carboxylic acids is 1. The Morgan fingerprint density at radius 2 is 1.78 bits per heavy atom. The third-order valence-corrected chi connectivity index (χ3v) is 5.55. The summed E-state index contributed by atoms with van der Waals surface area (Å²) in [4.78, 5) is 38.9. The Bertz CT molecular complexity index is 1390. The van der Waals surface area contributed by atoms with Gasteiger partial charge in [0, 0.05) is 12.2 Å². The molecule has 0 aliphatic heterocycles. The van der Waals surface area contributed by atoms with Gasteiger partial charge in [-0.05, 0) is 48.6 Å². The third-order valence-electron chi connectivity index (χ3n) is 5.55. The number of para-hydroxylation sites is 1. The van der Waals surface area contributed by atoms with E-state index in [0.717, 1.165) is 17.5 Å². The van der Waals surface area contributed by atoms with Crippen molar-refractivity contribution in [3.8, 4) is 0 Å². The van der Waals surface area contributed by atoms with E-state index in [1.165, 1.54) is 14.5 Å². The highest BCUT2D eigenvalue weighted by Crippen LogP contribution is 2.13. The van der Waals surface area contributed by atoms with Crippen LogP contribution in [-0.2, 0) is 24.3 Å². The summed E-state index contributed by atoms with van der Waals surface area (Å²) in [5.74, 6) is 0.270. The highest BCUT2D eigenvalue weighted by molar-refractivity contribution is 5.90. The number of rotatable bonds is 7. The molecule has 0 atom stereocenters. The maximum atomic E-state index is 13.2. The van der Waals surface area contributed by atoms with E-state index in [1.54, 1.807) is 24.3 Å². The summed E-state index contributed by atoms with van der Waals surface area (Å²) in [7, 11) is 0. The van der Waals surface area contributed by atoms with E-state index >= 15 is 0 Å². The zero-order valence-electron chi connectivity index (χ0n) is 18.5. The van der Waals surface area contributed by atoms with Crippen molar-refractivity contribution in [3.05, 3.63) is 74.9 Å². The lowest BCUT2D eigenvalue weighted by Crippen LogP contribution is -2.29. The second-order valence-corrected chi connectivity index (χ2v) is 8.33. The van der Waals surface area contributed by atoms with Crippen LogP contribution in [0.15, 0.2) is 58.1 Å². The molecule has 0 radical (unpaired) electrons. The molecule has 166 valence electrons. The average molecular weight is 434 g/mol. The molecule has 0 aliphatic carbocycles. The number of aromatic nitrogens is 4. The molecule has 8 nitrogen and oxygen atoms in total. The fraction of sp³-hybridized carbons (Fsp3) is 0.333. The normalized spacial score (nSPS) is 11.5. The minimum Gasteiger partial charge on any atom is -0.324 e. The van der Waals surface area contributed by atoms with E-state index in [2.05, 4.69) is 31.2 Å². The minimum absolute atomic E-state index is 0.189. The first-order valence-corrected chi connectivity index (χ1v) is 10.9. The van der Waals surface area contributed by atoms with Crippen molar-refractivity contribution in [2.24, 2.45) is 5.92 Å². The highest BCUT2D eigenvalue weighted by atomic mass is 16.2. The minimum atomic E-state index is -0.453. The van der Waals surface area contributed by atoms with Crippen molar-refractivity contribution in [1.29, 1.82) is 0 Å². The van der Waals surface area contributed by atoms with Crippen LogP contribution in [0, 0.1) is 5.92 Å². The Morgan fingerprint density at radius 3 is 2.47 bits per heavy atom. The lowest BCUT2D eigenvalue weighted by Gasteiger charge is -2.10. The van der Waals surface area contributed by atoms with Crippen molar-refractivity contribution >= 4 is 28.3 Å². The topological polar surface area (TPSA) is 90.4 Å². The second-order valence-electron chi connectivity index (χ2n) is 8.33. The van der Waals surface area contributed by atoms with Crippen molar-refractivity contribution in [3.63, 3.8) is 0 Å². The van der Waals surface area contributed by atoms with E-state index in [9.17, 15) is 14.4 Å². The summed E-state index contributed by atoms with van der Waals surface area (Å²) in [6, 6.07) is 14.5. The predicted molar refractivity (Wildman–Crippen MR) is 125 cm³/mol. The average Bonchev–Trinajstić information content (AvgIpc) is 3.09. The van der Waals surface area contributed by atoms with E-state index < -0.39 is 5.69 Å². The van der Waals surface area contributed by atoms with Gasteiger partial charge < -0.3 is 5.32 Å². The van der Waals surface area contributed by atoms with Crippen LogP contribution in [0.2, 0.25) is 0 Å². The molecule has 0 bridgehead atoms. The number of aryl methyl sites for hydroxylation is 2. The monoisotopic (exact) mass is 433 g/mol. The summed E-state index contributed by atoms with van der Waals surface area (Å²) < 4.78 is 4.06. The summed E-state index contributed by atoms with van der Waals surface area (Å²) in [5.41, 5.74) is 1.67. The van der Waals surface area contributed by atoms with Gasteiger partial charge in [0.25, 0.3) is 5.56 Å². The third kappa shape index (κ3) is 4.08. The van der Waals surface area contributed by atoms with E-state index in [0.29, 0.717) is 29.1 Å². The Labute approximate surface area is 185 Å². The van der Waals surface area contributed by atoms with Gasteiger partial charge in [0.15, 0.2) is 0 Å². The number of amides is 1. The van der Waals surface area contributed by atoms with Gasteiger partial charge in [-0.25, -0.2) is 13.9 Å². The quantitative estimate of drug-likeness (QED) is 0.485. The molecule has 2 heterocycles. The number of hydrogen-bond acceptors (Lipinski definition) is 4.